The number of hydrogen-bond donors (Lipinski definition) is 1. The Morgan fingerprint density at radius 3 is 2.20 bits per heavy atom. The number of benzene rings is 1. The number of para-hydroxylation sites is 1. The lowest BCUT2D eigenvalue weighted by Crippen LogP contribution is -2.04. The highest BCUT2D eigenvalue weighted by molar-refractivity contribution is 6.60. The fourth-order valence-corrected chi connectivity index (χ4v) is 0.692. The van der Waals surface area contributed by atoms with Gasteiger partial charge in [0.15, 0.2) is 0 Å². The standard InChI is InChI=1S/C9H10O2.CHClO2/c1-2-9(10)11-8-6-4-3-5-7-8;2-1(3)4/h3-7H,2H2,1H3;(H,3,4). The molecule has 1 aromatic rings. The van der Waals surface area contributed by atoms with Crippen molar-refractivity contribution in [2.75, 3.05) is 0 Å². The predicted octanol–water partition coefficient (Wildman–Crippen LogP) is 2.91. The summed E-state index contributed by atoms with van der Waals surface area (Å²) in [5, 5.41) is 7.18. The van der Waals surface area contributed by atoms with Crippen molar-refractivity contribution in [1.82, 2.24) is 0 Å². The van der Waals surface area contributed by atoms with E-state index in [-0.39, 0.29) is 5.97 Å². The molecule has 0 aliphatic heterocycles. The Hall–Kier alpha value is -1.55. The normalized spacial score (nSPS) is 8.40. The van der Waals surface area contributed by atoms with Crippen molar-refractivity contribution in [2.45, 2.75) is 13.3 Å². The molecule has 1 aromatic carbocycles. The Morgan fingerprint density at radius 2 is 1.80 bits per heavy atom. The van der Waals surface area contributed by atoms with Crippen LogP contribution in [0.2, 0.25) is 0 Å². The minimum absolute atomic E-state index is 0.198. The zero-order chi connectivity index (χ0) is 11.7. The van der Waals surface area contributed by atoms with Crippen LogP contribution in [0, 0.1) is 0 Å². The molecule has 1 N–H and O–H groups in total. The summed E-state index contributed by atoms with van der Waals surface area (Å²) in [6, 6.07) is 9.06. The van der Waals surface area contributed by atoms with E-state index in [1.54, 1.807) is 19.1 Å². The van der Waals surface area contributed by atoms with Gasteiger partial charge in [-0.1, -0.05) is 25.1 Å². The molecule has 0 unspecified atom stereocenters. The summed E-state index contributed by atoms with van der Waals surface area (Å²) in [6.45, 7) is 1.77. The van der Waals surface area contributed by atoms with Crippen LogP contribution < -0.4 is 4.74 Å². The molecule has 0 saturated heterocycles. The lowest BCUT2D eigenvalue weighted by atomic mass is 10.3. The molecule has 0 aliphatic rings. The van der Waals surface area contributed by atoms with E-state index in [0.29, 0.717) is 12.2 Å². The van der Waals surface area contributed by atoms with Crippen LogP contribution in [0.3, 0.4) is 0 Å². The number of carboxylic acid groups (broad SMARTS) is 1. The maximum Gasteiger partial charge on any atom is 0.401 e. The smallest absolute Gasteiger partial charge is 0.401 e. The second-order valence-electron chi connectivity index (χ2n) is 2.39. The first-order chi connectivity index (χ1) is 7.06. The molecule has 0 radical (unpaired) electrons. The van der Waals surface area contributed by atoms with Gasteiger partial charge in [0.1, 0.15) is 5.75 Å². The van der Waals surface area contributed by atoms with Gasteiger partial charge in [-0.2, -0.15) is 0 Å². The van der Waals surface area contributed by atoms with Gasteiger partial charge in [-0.15, -0.1) is 0 Å². The average molecular weight is 231 g/mol. The SMILES string of the molecule is CCC(=O)Oc1ccccc1.O=C(O)Cl. The lowest BCUT2D eigenvalue weighted by molar-refractivity contribution is -0.134. The first-order valence-electron chi connectivity index (χ1n) is 4.20. The Balaban J connectivity index is 0.000000423. The molecule has 0 bridgehead atoms. The number of carbonyl (C=O) groups excluding carboxylic acids is 1. The highest BCUT2D eigenvalue weighted by Crippen LogP contribution is 2.08. The Morgan fingerprint density at radius 1 is 1.33 bits per heavy atom. The Labute approximate surface area is 92.4 Å². The van der Waals surface area contributed by atoms with Crippen molar-refractivity contribution >= 4 is 23.0 Å². The third-order valence-electron chi connectivity index (χ3n) is 1.26. The Bertz CT molecular complexity index is 306. The summed E-state index contributed by atoms with van der Waals surface area (Å²) < 4.78 is 4.92. The summed E-state index contributed by atoms with van der Waals surface area (Å²) in [4.78, 5) is 19.5. The third kappa shape index (κ3) is 8.77. The van der Waals surface area contributed by atoms with E-state index >= 15 is 0 Å². The summed E-state index contributed by atoms with van der Waals surface area (Å²) >= 11 is 4.19. The van der Waals surface area contributed by atoms with Crippen molar-refractivity contribution in [3.63, 3.8) is 0 Å². The quantitative estimate of drug-likeness (QED) is 0.482. The minimum Gasteiger partial charge on any atom is -0.469 e. The molecule has 0 fully saturated rings. The summed E-state index contributed by atoms with van der Waals surface area (Å²) in [6.07, 6.45) is 0.412. The predicted molar refractivity (Wildman–Crippen MR) is 56.2 cm³/mol. The van der Waals surface area contributed by atoms with Crippen molar-refractivity contribution in [2.24, 2.45) is 0 Å². The molecule has 5 heteroatoms. The van der Waals surface area contributed by atoms with Crippen LogP contribution in [-0.2, 0) is 4.79 Å². The van der Waals surface area contributed by atoms with Gasteiger partial charge < -0.3 is 9.84 Å². The maximum atomic E-state index is 10.8. The molecule has 82 valence electrons. The lowest BCUT2D eigenvalue weighted by Gasteiger charge is -1.99. The summed E-state index contributed by atoms with van der Waals surface area (Å²) in [5.41, 5.74) is -1.36. The van der Waals surface area contributed by atoms with Crippen LogP contribution in [0.1, 0.15) is 13.3 Å². The van der Waals surface area contributed by atoms with Gasteiger partial charge in [0.05, 0.1) is 0 Å². The zero-order valence-corrected chi connectivity index (χ0v) is 8.90. The minimum atomic E-state index is -1.36. The molecule has 0 aromatic heterocycles. The van der Waals surface area contributed by atoms with Crippen LogP contribution in [0.4, 0.5) is 4.79 Å². The maximum absolute atomic E-state index is 10.8. The van der Waals surface area contributed by atoms with E-state index in [1.165, 1.54) is 0 Å². The van der Waals surface area contributed by atoms with Crippen molar-refractivity contribution in [3.8, 4) is 5.75 Å². The van der Waals surface area contributed by atoms with Gasteiger partial charge in [0, 0.05) is 18.0 Å². The second kappa shape index (κ2) is 7.82. The van der Waals surface area contributed by atoms with Gasteiger partial charge in [0.25, 0.3) is 0 Å². The van der Waals surface area contributed by atoms with E-state index < -0.39 is 5.43 Å². The molecular formula is C10H11ClO4. The van der Waals surface area contributed by atoms with Crippen LogP contribution in [0.15, 0.2) is 30.3 Å². The molecule has 0 saturated carbocycles. The monoisotopic (exact) mass is 230 g/mol. The molecular weight excluding hydrogens is 220 g/mol. The molecule has 15 heavy (non-hydrogen) atoms. The van der Waals surface area contributed by atoms with Gasteiger partial charge in [-0.05, 0) is 12.1 Å². The van der Waals surface area contributed by atoms with Crippen molar-refractivity contribution < 1.29 is 19.4 Å². The molecule has 4 nitrogen and oxygen atoms in total. The topological polar surface area (TPSA) is 63.6 Å². The van der Waals surface area contributed by atoms with Gasteiger partial charge in [0.2, 0.25) is 0 Å². The average Bonchev–Trinajstić information content (AvgIpc) is 2.18. The second-order valence-corrected chi connectivity index (χ2v) is 2.72. The van der Waals surface area contributed by atoms with Gasteiger partial charge >= 0.3 is 11.4 Å². The van der Waals surface area contributed by atoms with E-state index in [2.05, 4.69) is 11.6 Å². The molecule has 0 atom stereocenters. The van der Waals surface area contributed by atoms with E-state index in [4.69, 9.17) is 14.6 Å². The molecule has 0 aliphatic carbocycles. The number of esters is 1. The van der Waals surface area contributed by atoms with E-state index in [0.717, 1.165) is 0 Å². The van der Waals surface area contributed by atoms with Crippen LogP contribution in [-0.4, -0.2) is 16.5 Å². The van der Waals surface area contributed by atoms with E-state index in [1.807, 2.05) is 18.2 Å². The molecule has 0 heterocycles. The van der Waals surface area contributed by atoms with Crippen LogP contribution in [0.5, 0.6) is 5.75 Å². The highest BCUT2D eigenvalue weighted by atomic mass is 35.5. The summed E-state index contributed by atoms with van der Waals surface area (Å²) in [7, 11) is 0. The third-order valence-corrected chi connectivity index (χ3v) is 1.26. The first-order valence-corrected chi connectivity index (χ1v) is 4.58. The molecule has 1 rings (SSSR count). The molecule has 0 spiro atoms. The van der Waals surface area contributed by atoms with Crippen molar-refractivity contribution in [1.29, 1.82) is 0 Å². The van der Waals surface area contributed by atoms with Crippen LogP contribution >= 0.6 is 11.6 Å². The Kier molecular flexibility index (Phi) is 7.01. The fourth-order valence-electron chi connectivity index (χ4n) is 0.692. The number of carbonyl (C=O) groups is 2. The number of halogens is 1. The van der Waals surface area contributed by atoms with Crippen LogP contribution in [0.25, 0.3) is 0 Å². The summed E-state index contributed by atoms with van der Waals surface area (Å²) in [5.74, 6) is 0.413. The largest absolute Gasteiger partial charge is 0.469 e. The number of rotatable bonds is 2. The first kappa shape index (κ1) is 13.4. The van der Waals surface area contributed by atoms with Gasteiger partial charge in [-0.3, -0.25) is 4.79 Å². The zero-order valence-electron chi connectivity index (χ0n) is 8.14. The number of ether oxygens (including phenoxy) is 1. The molecule has 0 amide bonds. The highest BCUT2D eigenvalue weighted by Gasteiger charge is 1.98. The number of hydrogen-bond acceptors (Lipinski definition) is 3. The van der Waals surface area contributed by atoms with Gasteiger partial charge in [-0.25, -0.2) is 4.79 Å². The fraction of sp³-hybridized carbons (Fsp3) is 0.200. The van der Waals surface area contributed by atoms with Crippen molar-refractivity contribution in [3.05, 3.63) is 30.3 Å². The van der Waals surface area contributed by atoms with E-state index in [9.17, 15) is 4.79 Å².